The van der Waals surface area contributed by atoms with E-state index in [-0.39, 0.29) is 5.91 Å². The van der Waals surface area contributed by atoms with Crippen molar-refractivity contribution in [1.29, 1.82) is 0 Å². The first-order chi connectivity index (χ1) is 14.9. The molecule has 0 aliphatic heterocycles. The molecule has 0 aliphatic carbocycles. The minimum atomic E-state index is -0.605. The molecule has 1 heterocycles. The fourth-order valence-corrected chi connectivity index (χ4v) is 4.18. The number of amides is 1. The molecule has 1 atom stereocenters. The normalized spacial score (nSPS) is 12.5. The van der Waals surface area contributed by atoms with E-state index in [4.69, 9.17) is 4.74 Å². The summed E-state index contributed by atoms with van der Waals surface area (Å²) in [6.45, 7) is 11.1. The van der Waals surface area contributed by atoms with Gasteiger partial charge < -0.3 is 14.6 Å². The smallest absolute Gasteiger partial charge is 0.265 e. The van der Waals surface area contributed by atoms with Crippen LogP contribution in [0, 0.1) is 6.92 Å². The van der Waals surface area contributed by atoms with Crippen molar-refractivity contribution < 1.29 is 9.53 Å². The van der Waals surface area contributed by atoms with Crippen LogP contribution in [0.4, 0.5) is 5.69 Å². The fraction of sp³-hybridized carbons (Fsp3) is 0.296. The van der Waals surface area contributed by atoms with Crippen molar-refractivity contribution >= 4 is 33.4 Å². The molecule has 0 spiro atoms. The molecule has 160 valence electrons. The van der Waals surface area contributed by atoms with Crippen molar-refractivity contribution in [3.8, 4) is 5.75 Å². The number of nitrogens with zero attached hydrogens (tertiary/aromatic N) is 1. The van der Waals surface area contributed by atoms with E-state index < -0.39 is 6.10 Å². The maximum Gasteiger partial charge on any atom is 0.265 e. The Morgan fingerprint density at radius 1 is 0.968 bits per heavy atom. The number of anilines is 1. The number of nitrogens with one attached hydrogen (secondary N) is 1. The number of hydrogen-bond acceptors (Lipinski definition) is 2. The molecule has 4 rings (SSSR count). The average Bonchev–Trinajstić information content (AvgIpc) is 3.06. The molecule has 0 aliphatic rings. The van der Waals surface area contributed by atoms with Gasteiger partial charge in [-0.25, -0.2) is 0 Å². The first-order valence-electron chi connectivity index (χ1n) is 11.0. The van der Waals surface area contributed by atoms with Crippen molar-refractivity contribution in [1.82, 2.24) is 4.57 Å². The number of fused-ring (bicyclic) bond motifs is 3. The molecule has 0 bridgehead atoms. The van der Waals surface area contributed by atoms with E-state index in [0.717, 1.165) is 34.5 Å². The maximum absolute atomic E-state index is 12.9. The Labute approximate surface area is 183 Å². The zero-order chi connectivity index (χ0) is 22.1. The Kier molecular flexibility index (Phi) is 5.73. The topological polar surface area (TPSA) is 43.3 Å². The van der Waals surface area contributed by atoms with Crippen molar-refractivity contribution in [3.05, 3.63) is 71.8 Å². The van der Waals surface area contributed by atoms with Gasteiger partial charge in [0.25, 0.3) is 5.91 Å². The van der Waals surface area contributed by atoms with E-state index in [1.807, 2.05) is 19.1 Å². The third-order valence-corrected chi connectivity index (χ3v) is 5.82. The Morgan fingerprint density at radius 2 is 1.71 bits per heavy atom. The molecular weight excluding hydrogens is 384 g/mol. The second kappa shape index (κ2) is 8.46. The fourth-order valence-electron chi connectivity index (χ4n) is 4.18. The number of rotatable bonds is 6. The summed E-state index contributed by atoms with van der Waals surface area (Å²) in [6.07, 6.45) is -0.605. The summed E-state index contributed by atoms with van der Waals surface area (Å²) in [7, 11) is 0. The van der Waals surface area contributed by atoms with Gasteiger partial charge in [0.2, 0.25) is 0 Å². The molecule has 0 saturated heterocycles. The van der Waals surface area contributed by atoms with Crippen molar-refractivity contribution in [3.63, 3.8) is 0 Å². The Morgan fingerprint density at radius 3 is 2.45 bits per heavy atom. The summed E-state index contributed by atoms with van der Waals surface area (Å²) >= 11 is 0. The van der Waals surface area contributed by atoms with Gasteiger partial charge in [-0.05, 0) is 68.1 Å². The molecule has 31 heavy (non-hydrogen) atoms. The number of aromatic nitrogens is 1. The van der Waals surface area contributed by atoms with Gasteiger partial charge in [0.05, 0.1) is 0 Å². The summed E-state index contributed by atoms with van der Waals surface area (Å²) in [4.78, 5) is 12.9. The second-order valence-electron chi connectivity index (χ2n) is 8.44. The minimum absolute atomic E-state index is 0.158. The minimum Gasteiger partial charge on any atom is -0.481 e. The van der Waals surface area contributed by atoms with E-state index >= 15 is 0 Å². The van der Waals surface area contributed by atoms with Gasteiger partial charge in [-0.2, -0.15) is 0 Å². The molecule has 4 nitrogen and oxygen atoms in total. The maximum atomic E-state index is 12.9. The summed E-state index contributed by atoms with van der Waals surface area (Å²) in [6, 6.07) is 20.6. The molecule has 1 aromatic heterocycles. The third-order valence-electron chi connectivity index (χ3n) is 5.82. The quantitative estimate of drug-likeness (QED) is 0.384. The van der Waals surface area contributed by atoms with Gasteiger partial charge in [0, 0.05) is 34.0 Å². The van der Waals surface area contributed by atoms with Gasteiger partial charge in [-0.15, -0.1) is 0 Å². The molecule has 0 fully saturated rings. The van der Waals surface area contributed by atoms with E-state index in [1.165, 1.54) is 16.4 Å². The predicted octanol–water partition coefficient (Wildman–Crippen LogP) is 6.65. The molecule has 0 radical (unpaired) electrons. The monoisotopic (exact) mass is 414 g/mol. The van der Waals surface area contributed by atoms with Crippen LogP contribution in [0.2, 0.25) is 0 Å². The van der Waals surface area contributed by atoms with E-state index in [2.05, 4.69) is 79.2 Å². The van der Waals surface area contributed by atoms with Gasteiger partial charge in [0.1, 0.15) is 5.75 Å². The van der Waals surface area contributed by atoms with Gasteiger partial charge in [0.15, 0.2) is 6.10 Å². The Bertz CT molecular complexity index is 1250. The number of ether oxygens (including phenoxy) is 1. The van der Waals surface area contributed by atoms with Gasteiger partial charge >= 0.3 is 0 Å². The lowest BCUT2D eigenvalue weighted by atomic mass is 10.0. The molecular formula is C27H30N2O2. The van der Waals surface area contributed by atoms with Gasteiger partial charge in [-0.3, -0.25) is 4.79 Å². The highest BCUT2D eigenvalue weighted by atomic mass is 16.5. The summed E-state index contributed by atoms with van der Waals surface area (Å²) in [5.74, 6) is 0.943. The Hall–Kier alpha value is -3.27. The van der Waals surface area contributed by atoms with Crippen LogP contribution in [0.3, 0.4) is 0 Å². The first kappa shape index (κ1) is 21.0. The van der Waals surface area contributed by atoms with E-state index in [1.54, 1.807) is 6.92 Å². The standard InChI is InChI=1S/C27H30N2O2/c1-6-29-24-10-8-7-9-22(24)23-16-20(12-14-25(23)29)28-27(30)19(5)31-26-15-18(4)11-13-21(26)17(2)3/h7-17,19H,6H2,1-5H3,(H,28,30)/t19-/m0/s1. The van der Waals surface area contributed by atoms with Crippen LogP contribution >= 0.6 is 0 Å². The van der Waals surface area contributed by atoms with E-state index in [9.17, 15) is 4.79 Å². The van der Waals surface area contributed by atoms with Crippen LogP contribution < -0.4 is 10.1 Å². The average molecular weight is 415 g/mol. The Balaban J connectivity index is 1.59. The SMILES string of the molecule is CCn1c2ccccc2c2cc(NC(=O)[C@H](C)Oc3cc(C)ccc3C(C)C)ccc21. The van der Waals surface area contributed by atoms with Crippen molar-refractivity contribution in [2.45, 2.75) is 53.2 Å². The highest BCUT2D eigenvalue weighted by molar-refractivity contribution is 6.10. The molecule has 3 aromatic carbocycles. The number of hydrogen-bond donors (Lipinski definition) is 1. The molecule has 1 N–H and O–H groups in total. The van der Waals surface area contributed by atoms with E-state index in [0.29, 0.717) is 5.92 Å². The van der Waals surface area contributed by atoms with Crippen LogP contribution in [0.1, 0.15) is 44.7 Å². The zero-order valence-corrected chi connectivity index (χ0v) is 18.9. The van der Waals surface area contributed by atoms with Gasteiger partial charge in [-0.1, -0.05) is 44.2 Å². The van der Waals surface area contributed by atoms with Crippen LogP contribution in [0.15, 0.2) is 60.7 Å². The summed E-state index contributed by atoms with van der Waals surface area (Å²) in [5.41, 5.74) is 5.39. The zero-order valence-electron chi connectivity index (χ0n) is 18.9. The number of benzene rings is 3. The predicted molar refractivity (Wildman–Crippen MR) is 129 cm³/mol. The van der Waals surface area contributed by atoms with Crippen molar-refractivity contribution in [2.75, 3.05) is 5.32 Å². The lowest BCUT2D eigenvalue weighted by Gasteiger charge is -2.19. The second-order valence-corrected chi connectivity index (χ2v) is 8.44. The van der Waals surface area contributed by atoms with Crippen molar-refractivity contribution in [2.24, 2.45) is 0 Å². The molecule has 0 saturated carbocycles. The highest BCUT2D eigenvalue weighted by Gasteiger charge is 2.18. The molecule has 0 unspecified atom stereocenters. The third kappa shape index (κ3) is 4.02. The van der Waals surface area contributed by atoms with Crippen LogP contribution in [-0.4, -0.2) is 16.6 Å². The number of aryl methyl sites for hydroxylation is 2. The van der Waals surface area contributed by atoms with Crippen LogP contribution in [0.25, 0.3) is 21.8 Å². The highest BCUT2D eigenvalue weighted by Crippen LogP contribution is 2.31. The largest absolute Gasteiger partial charge is 0.481 e. The van der Waals surface area contributed by atoms with Crippen LogP contribution in [0.5, 0.6) is 5.75 Å². The molecule has 1 amide bonds. The lowest BCUT2D eigenvalue weighted by Crippen LogP contribution is -2.30. The summed E-state index contributed by atoms with van der Waals surface area (Å²) in [5, 5.41) is 5.37. The molecule has 4 heteroatoms. The lowest BCUT2D eigenvalue weighted by molar-refractivity contribution is -0.122. The van der Waals surface area contributed by atoms with Crippen LogP contribution in [-0.2, 0) is 11.3 Å². The first-order valence-corrected chi connectivity index (χ1v) is 11.0. The number of carbonyl (C=O) groups is 1. The molecule has 4 aromatic rings. The number of carbonyl (C=O) groups excluding carboxylic acids is 1. The summed E-state index contributed by atoms with van der Waals surface area (Å²) < 4.78 is 8.38. The number of para-hydroxylation sites is 1.